The molecule has 0 bridgehead atoms. The molecule has 1 aliphatic heterocycles. The van der Waals surface area contributed by atoms with Crippen molar-refractivity contribution in [1.29, 1.82) is 0 Å². The lowest BCUT2D eigenvalue weighted by atomic mass is 9.90. The van der Waals surface area contributed by atoms with E-state index in [1.165, 1.54) is 10.9 Å². The van der Waals surface area contributed by atoms with Gasteiger partial charge in [-0.2, -0.15) is 0 Å². The van der Waals surface area contributed by atoms with Crippen molar-refractivity contribution in [3.8, 4) is 0 Å². The summed E-state index contributed by atoms with van der Waals surface area (Å²) >= 11 is 0. The van der Waals surface area contributed by atoms with E-state index < -0.39 is 10.0 Å². The first kappa shape index (κ1) is 18.7. The van der Waals surface area contributed by atoms with Crippen molar-refractivity contribution in [3.05, 3.63) is 59.8 Å². The monoisotopic (exact) mass is 397 g/mol. The molecule has 6 nitrogen and oxygen atoms in total. The quantitative estimate of drug-likeness (QED) is 0.719. The van der Waals surface area contributed by atoms with E-state index in [1.54, 1.807) is 53.6 Å². The Kier molecular flexibility index (Phi) is 4.32. The molecular formula is C21H23N3O3S. The van der Waals surface area contributed by atoms with E-state index in [0.29, 0.717) is 11.9 Å². The number of fused-ring (bicyclic) bond motifs is 3. The van der Waals surface area contributed by atoms with Crippen molar-refractivity contribution in [2.75, 3.05) is 4.90 Å². The number of hydrogen-bond acceptors (Lipinski definition) is 4. The molecule has 4 rings (SSSR count). The van der Waals surface area contributed by atoms with Crippen molar-refractivity contribution in [2.24, 2.45) is 5.73 Å². The van der Waals surface area contributed by atoms with Crippen LogP contribution in [0, 0.1) is 6.92 Å². The van der Waals surface area contributed by atoms with E-state index in [-0.39, 0.29) is 22.9 Å². The smallest absolute Gasteiger partial charge is 0.268 e. The molecule has 2 N–H and O–H groups in total. The molecule has 0 saturated carbocycles. The van der Waals surface area contributed by atoms with Gasteiger partial charge in [-0.05, 0) is 50.6 Å². The summed E-state index contributed by atoms with van der Waals surface area (Å²) in [5.74, 6) is -0.0493. The minimum absolute atomic E-state index is 0.00386. The first-order valence-electron chi connectivity index (χ1n) is 9.23. The average molecular weight is 398 g/mol. The van der Waals surface area contributed by atoms with Gasteiger partial charge in [0.1, 0.15) is 0 Å². The van der Waals surface area contributed by atoms with Crippen LogP contribution in [0.15, 0.2) is 53.6 Å². The molecule has 2 heterocycles. The number of hydrogen-bond donors (Lipinski definition) is 1. The Morgan fingerprint density at radius 1 is 1.11 bits per heavy atom. The molecular weight excluding hydrogens is 374 g/mol. The predicted molar refractivity (Wildman–Crippen MR) is 110 cm³/mol. The first-order valence-corrected chi connectivity index (χ1v) is 10.7. The molecule has 2 unspecified atom stereocenters. The first-order chi connectivity index (χ1) is 13.2. The highest BCUT2D eigenvalue weighted by Gasteiger charge is 2.33. The molecule has 2 aromatic carbocycles. The minimum atomic E-state index is -3.73. The van der Waals surface area contributed by atoms with E-state index in [2.05, 4.69) is 0 Å². The van der Waals surface area contributed by atoms with Gasteiger partial charge in [0, 0.05) is 41.8 Å². The van der Waals surface area contributed by atoms with Crippen molar-refractivity contribution in [2.45, 2.75) is 44.2 Å². The highest BCUT2D eigenvalue weighted by Crippen LogP contribution is 2.41. The van der Waals surface area contributed by atoms with Gasteiger partial charge in [-0.25, -0.2) is 12.4 Å². The second-order valence-corrected chi connectivity index (χ2v) is 9.26. The number of nitrogens with zero attached hydrogens (tertiary/aromatic N) is 2. The maximum Gasteiger partial charge on any atom is 0.268 e. The van der Waals surface area contributed by atoms with Gasteiger partial charge in [0.05, 0.1) is 10.4 Å². The van der Waals surface area contributed by atoms with Crippen LogP contribution in [0.4, 0.5) is 5.69 Å². The lowest BCUT2D eigenvalue weighted by Gasteiger charge is -2.38. The second-order valence-electron chi connectivity index (χ2n) is 7.44. The van der Waals surface area contributed by atoms with Crippen LogP contribution >= 0.6 is 0 Å². The summed E-state index contributed by atoms with van der Waals surface area (Å²) < 4.78 is 27.6. The van der Waals surface area contributed by atoms with E-state index in [4.69, 9.17) is 5.73 Å². The third-order valence-electron chi connectivity index (χ3n) is 5.44. The Balaban J connectivity index is 1.93. The molecule has 0 saturated heterocycles. The van der Waals surface area contributed by atoms with Gasteiger partial charge >= 0.3 is 0 Å². The summed E-state index contributed by atoms with van der Waals surface area (Å²) in [6.07, 6.45) is 2.19. The third-order valence-corrected chi connectivity index (χ3v) is 7.14. The zero-order valence-electron chi connectivity index (χ0n) is 16.1. The molecule has 1 amide bonds. The van der Waals surface area contributed by atoms with Gasteiger partial charge in [0.2, 0.25) is 5.91 Å². The number of benzene rings is 2. The Hall–Kier alpha value is -2.64. The summed E-state index contributed by atoms with van der Waals surface area (Å²) in [6, 6.07) is 11.8. The topological polar surface area (TPSA) is 85.4 Å². The van der Waals surface area contributed by atoms with Crippen LogP contribution in [-0.2, 0) is 14.8 Å². The van der Waals surface area contributed by atoms with Gasteiger partial charge in [0.15, 0.2) is 0 Å². The highest BCUT2D eigenvalue weighted by molar-refractivity contribution is 7.90. The standard InChI is InChI=1S/C21H23N3O3S/c1-13-4-6-16(7-5-13)28(26,27)23-11-10-17-19(23)8-9-20-21(17)18(22)12-14(2)24(20)15(3)25/h4-11,14,18H,12,22H2,1-3H3. The fourth-order valence-corrected chi connectivity index (χ4v) is 5.49. The van der Waals surface area contributed by atoms with Gasteiger partial charge in [-0.15, -0.1) is 0 Å². The Bertz CT molecular complexity index is 1180. The van der Waals surface area contributed by atoms with Crippen LogP contribution in [0.3, 0.4) is 0 Å². The fraction of sp³-hybridized carbons (Fsp3) is 0.286. The normalized spacial score (nSPS) is 19.6. The number of carbonyl (C=O) groups excluding carboxylic acids is 1. The number of carbonyl (C=O) groups is 1. The molecule has 146 valence electrons. The lowest BCUT2D eigenvalue weighted by Crippen LogP contribution is -2.43. The molecule has 0 spiro atoms. The Morgan fingerprint density at radius 3 is 2.43 bits per heavy atom. The number of nitrogens with two attached hydrogens (primary N) is 1. The van der Waals surface area contributed by atoms with Crippen LogP contribution in [0.2, 0.25) is 0 Å². The predicted octanol–water partition coefficient (Wildman–Crippen LogP) is 3.33. The van der Waals surface area contributed by atoms with E-state index in [9.17, 15) is 13.2 Å². The molecule has 3 aromatic rings. The summed E-state index contributed by atoms with van der Waals surface area (Å²) in [7, 11) is -3.73. The maximum atomic E-state index is 13.2. The largest absolute Gasteiger partial charge is 0.324 e. The van der Waals surface area contributed by atoms with E-state index in [1.807, 2.05) is 13.8 Å². The van der Waals surface area contributed by atoms with Crippen LogP contribution in [0.5, 0.6) is 0 Å². The molecule has 0 radical (unpaired) electrons. The average Bonchev–Trinajstić information content (AvgIpc) is 3.06. The number of aryl methyl sites for hydroxylation is 1. The van der Waals surface area contributed by atoms with E-state index in [0.717, 1.165) is 22.2 Å². The number of aromatic nitrogens is 1. The SMILES string of the molecule is CC(=O)N1c2ccc3c(ccn3S(=O)(=O)c3ccc(C)cc3)c2C(N)CC1C. The molecule has 28 heavy (non-hydrogen) atoms. The second kappa shape index (κ2) is 6.46. The van der Waals surface area contributed by atoms with Gasteiger partial charge in [0.25, 0.3) is 10.0 Å². The molecule has 1 aromatic heterocycles. The Labute approximate surface area is 164 Å². The molecule has 0 aliphatic carbocycles. The Morgan fingerprint density at radius 2 is 1.79 bits per heavy atom. The molecule has 2 atom stereocenters. The van der Waals surface area contributed by atoms with E-state index >= 15 is 0 Å². The zero-order valence-corrected chi connectivity index (χ0v) is 16.9. The molecule has 0 fully saturated rings. The van der Waals surface area contributed by atoms with Crippen LogP contribution in [-0.4, -0.2) is 24.3 Å². The number of anilines is 1. The van der Waals surface area contributed by atoms with Gasteiger partial charge in [-0.3, -0.25) is 4.79 Å². The maximum absolute atomic E-state index is 13.2. The molecule has 7 heteroatoms. The van der Waals surface area contributed by atoms with Crippen molar-refractivity contribution < 1.29 is 13.2 Å². The summed E-state index contributed by atoms with van der Waals surface area (Å²) in [5.41, 5.74) is 9.56. The van der Waals surface area contributed by atoms with Crippen molar-refractivity contribution in [1.82, 2.24) is 3.97 Å². The minimum Gasteiger partial charge on any atom is -0.324 e. The van der Waals surface area contributed by atoms with Crippen molar-refractivity contribution >= 4 is 32.5 Å². The number of amides is 1. The molecule has 1 aliphatic rings. The summed E-state index contributed by atoms with van der Waals surface area (Å²) in [5, 5.41) is 0.763. The van der Waals surface area contributed by atoms with Crippen LogP contribution < -0.4 is 10.6 Å². The van der Waals surface area contributed by atoms with Gasteiger partial charge in [-0.1, -0.05) is 17.7 Å². The van der Waals surface area contributed by atoms with Gasteiger partial charge < -0.3 is 10.6 Å². The lowest BCUT2D eigenvalue weighted by molar-refractivity contribution is -0.117. The number of rotatable bonds is 2. The van der Waals surface area contributed by atoms with Crippen LogP contribution in [0.1, 0.15) is 37.4 Å². The van der Waals surface area contributed by atoms with Crippen LogP contribution in [0.25, 0.3) is 10.9 Å². The fourth-order valence-electron chi connectivity index (χ4n) is 4.14. The summed E-state index contributed by atoms with van der Waals surface area (Å²) in [6.45, 7) is 5.42. The van der Waals surface area contributed by atoms with Crippen molar-refractivity contribution in [3.63, 3.8) is 0 Å². The zero-order chi connectivity index (χ0) is 20.2. The third kappa shape index (κ3) is 2.73. The highest BCUT2D eigenvalue weighted by atomic mass is 32.2. The summed E-state index contributed by atoms with van der Waals surface area (Å²) in [4.78, 5) is 14.1.